The first kappa shape index (κ1) is 36.4. The van der Waals surface area contributed by atoms with Crippen LogP contribution in [0.2, 0.25) is 0 Å². The molecule has 0 fully saturated rings. The third-order valence-electron chi connectivity index (χ3n) is 6.90. The molecule has 2 aromatic heterocycles. The van der Waals surface area contributed by atoms with E-state index in [9.17, 15) is 0 Å². The molecule has 0 saturated heterocycles. The maximum atomic E-state index is 5.90. The second-order valence-electron chi connectivity index (χ2n) is 12.0. The molecule has 0 amide bonds. The summed E-state index contributed by atoms with van der Waals surface area (Å²) in [5, 5.41) is 2.64. The Hall–Kier alpha value is -3.78. The largest absolute Gasteiger partial charge is 0.456 e. The van der Waals surface area contributed by atoms with E-state index in [2.05, 4.69) is 131 Å². The van der Waals surface area contributed by atoms with Gasteiger partial charge in [0.1, 0.15) is 11.3 Å². The van der Waals surface area contributed by atoms with E-state index in [0.717, 1.165) is 24.2 Å². The number of aromatic nitrogens is 1. The summed E-state index contributed by atoms with van der Waals surface area (Å²) in [6, 6.07) is 27.6. The molecule has 2 heteroatoms. The maximum Gasteiger partial charge on any atom is 0.135 e. The number of furan rings is 1. The fourth-order valence-corrected chi connectivity index (χ4v) is 5.33. The summed E-state index contributed by atoms with van der Waals surface area (Å²) in [6.07, 6.45) is 12.1. The molecular weight excluding hydrogens is 534 g/mol. The molecular formula is C42H57NO. The van der Waals surface area contributed by atoms with Crippen LogP contribution in [0.5, 0.6) is 0 Å². The summed E-state index contributed by atoms with van der Waals surface area (Å²) in [5.74, 6) is 1.63. The van der Waals surface area contributed by atoms with Crippen LogP contribution < -0.4 is 0 Å². The number of hydrogen-bond acceptors (Lipinski definition) is 1. The van der Waals surface area contributed by atoms with Gasteiger partial charge in [0.2, 0.25) is 0 Å². The zero-order valence-electron chi connectivity index (χ0n) is 29.4. The standard InChI is InChI=1S/C19H17N.C16H20O.C3H8.2C2H6/c1-14-11-12-19-17(13-14)16-9-5-6-10-18(16)20(19)15-7-3-2-4-8-15;1-5-8-14-13(11-16(2,3)4)12-9-6-7-10-15(12)17-14;1-3-2;2*1-2/h2-12,14H,13H2,1H3;5-10H,11H2,1-4H3;3H2,1-2H3;2*1-2H3/b;8-5-;;;/t14-;;;;/m1..../s1. The van der Waals surface area contributed by atoms with Crippen molar-refractivity contribution in [2.45, 2.75) is 95.4 Å². The van der Waals surface area contributed by atoms with Gasteiger partial charge in [-0.05, 0) is 73.1 Å². The molecule has 0 saturated carbocycles. The summed E-state index contributed by atoms with van der Waals surface area (Å²) < 4.78 is 8.28. The van der Waals surface area contributed by atoms with Crippen LogP contribution in [0.25, 0.3) is 39.7 Å². The van der Waals surface area contributed by atoms with Gasteiger partial charge in [-0.15, -0.1) is 0 Å². The van der Waals surface area contributed by atoms with E-state index in [4.69, 9.17) is 4.42 Å². The molecule has 5 aromatic rings. The van der Waals surface area contributed by atoms with Crippen LogP contribution >= 0.6 is 0 Å². The molecule has 44 heavy (non-hydrogen) atoms. The maximum absolute atomic E-state index is 5.90. The molecule has 0 bridgehead atoms. The predicted molar refractivity (Wildman–Crippen MR) is 198 cm³/mol. The Morgan fingerprint density at radius 1 is 0.818 bits per heavy atom. The molecule has 6 rings (SSSR count). The molecule has 3 aromatic carbocycles. The van der Waals surface area contributed by atoms with E-state index in [-0.39, 0.29) is 5.41 Å². The van der Waals surface area contributed by atoms with Crippen molar-refractivity contribution in [2.75, 3.05) is 0 Å². The van der Waals surface area contributed by atoms with Crippen LogP contribution in [-0.4, -0.2) is 4.57 Å². The lowest BCUT2D eigenvalue weighted by Crippen LogP contribution is -2.09. The Labute approximate surface area is 268 Å². The molecule has 1 atom stereocenters. The fourth-order valence-electron chi connectivity index (χ4n) is 5.33. The Morgan fingerprint density at radius 3 is 2.00 bits per heavy atom. The van der Waals surface area contributed by atoms with E-state index >= 15 is 0 Å². The zero-order chi connectivity index (χ0) is 32.7. The number of para-hydroxylation sites is 3. The summed E-state index contributed by atoms with van der Waals surface area (Å²) in [6.45, 7) is 23.3. The molecule has 236 valence electrons. The van der Waals surface area contributed by atoms with Crippen LogP contribution in [0.3, 0.4) is 0 Å². The normalized spacial score (nSPS) is 13.5. The Kier molecular flexibility index (Phi) is 15.0. The van der Waals surface area contributed by atoms with Gasteiger partial charge < -0.3 is 8.98 Å². The van der Waals surface area contributed by atoms with Crippen LogP contribution in [0.15, 0.2) is 95.4 Å². The second kappa shape index (κ2) is 18.1. The van der Waals surface area contributed by atoms with Crippen molar-refractivity contribution in [3.8, 4) is 5.69 Å². The first-order valence-electron chi connectivity index (χ1n) is 16.8. The number of hydrogen-bond donors (Lipinski definition) is 0. The highest BCUT2D eigenvalue weighted by atomic mass is 16.3. The fraction of sp³-hybridized carbons (Fsp3) is 0.381. The lowest BCUT2D eigenvalue weighted by molar-refractivity contribution is 0.409. The molecule has 0 spiro atoms. The number of rotatable bonds is 3. The molecule has 1 aliphatic rings. The molecule has 1 aliphatic carbocycles. The van der Waals surface area contributed by atoms with Crippen molar-refractivity contribution < 1.29 is 4.42 Å². The van der Waals surface area contributed by atoms with Crippen LogP contribution in [0, 0.1) is 11.3 Å². The van der Waals surface area contributed by atoms with E-state index in [1.165, 1.54) is 45.2 Å². The zero-order valence-corrected chi connectivity index (χ0v) is 29.4. The van der Waals surface area contributed by atoms with Gasteiger partial charge in [0.15, 0.2) is 0 Å². The molecule has 0 radical (unpaired) electrons. The highest BCUT2D eigenvalue weighted by Gasteiger charge is 2.21. The average molecular weight is 592 g/mol. The number of fused-ring (bicyclic) bond motifs is 4. The Morgan fingerprint density at radius 2 is 1.39 bits per heavy atom. The predicted octanol–water partition coefficient (Wildman–Crippen LogP) is 13.4. The topological polar surface area (TPSA) is 18.1 Å². The molecule has 2 nitrogen and oxygen atoms in total. The highest BCUT2D eigenvalue weighted by Crippen LogP contribution is 2.35. The SMILES string of the molecule is C/C=C\c1oc2ccccc2c1CC(C)(C)C.CC.CC.CCC.C[C@@H]1C=Cc2c(c3ccccc3n2-c2ccccc2)C1. The Balaban J connectivity index is 0.000000258. The monoisotopic (exact) mass is 591 g/mol. The molecule has 0 aliphatic heterocycles. The third-order valence-corrected chi connectivity index (χ3v) is 6.90. The van der Waals surface area contributed by atoms with Gasteiger partial charge in [-0.3, -0.25) is 0 Å². The van der Waals surface area contributed by atoms with Crippen molar-refractivity contribution in [3.63, 3.8) is 0 Å². The summed E-state index contributed by atoms with van der Waals surface area (Å²) >= 11 is 0. The van der Waals surface area contributed by atoms with Crippen molar-refractivity contribution in [1.82, 2.24) is 4.57 Å². The van der Waals surface area contributed by atoms with Crippen molar-refractivity contribution in [2.24, 2.45) is 11.3 Å². The van der Waals surface area contributed by atoms with Gasteiger partial charge >= 0.3 is 0 Å². The third kappa shape index (κ3) is 9.36. The number of benzene rings is 3. The minimum atomic E-state index is 0.267. The number of nitrogens with zero attached hydrogens (tertiary/aromatic N) is 1. The van der Waals surface area contributed by atoms with Crippen LogP contribution in [0.4, 0.5) is 0 Å². The molecule has 0 N–H and O–H groups in total. The summed E-state index contributed by atoms with van der Waals surface area (Å²) in [5.41, 5.74) is 7.95. The van der Waals surface area contributed by atoms with E-state index in [0.29, 0.717) is 5.92 Å². The van der Waals surface area contributed by atoms with Crippen LogP contribution in [-0.2, 0) is 12.8 Å². The van der Waals surface area contributed by atoms with Gasteiger partial charge in [0.05, 0.1) is 5.52 Å². The van der Waals surface area contributed by atoms with Gasteiger partial charge in [0.25, 0.3) is 0 Å². The number of allylic oxidation sites excluding steroid dienone is 2. The van der Waals surface area contributed by atoms with Gasteiger partial charge in [0, 0.05) is 27.7 Å². The van der Waals surface area contributed by atoms with Crippen LogP contribution in [0.1, 0.15) is 105 Å². The van der Waals surface area contributed by atoms with E-state index in [1.807, 2.05) is 52.8 Å². The first-order valence-corrected chi connectivity index (χ1v) is 16.8. The quantitative estimate of drug-likeness (QED) is 0.204. The van der Waals surface area contributed by atoms with Crippen molar-refractivity contribution in [1.29, 1.82) is 0 Å². The second-order valence-corrected chi connectivity index (χ2v) is 12.0. The average Bonchev–Trinajstić information content (AvgIpc) is 3.54. The highest BCUT2D eigenvalue weighted by molar-refractivity contribution is 5.90. The van der Waals surface area contributed by atoms with Gasteiger partial charge in [-0.25, -0.2) is 0 Å². The molecule has 2 heterocycles. The minimum Gasteiger partial charge on any atom is -0.456 e. The minimum absolute atomic E-state index is 0.267. The summed E-state index contributed by atoms with van der Waals surface area (Å²) in [4.78, 5) is 0. The van der Waals surface area contributed by atoms with Crippen molar-refractivity contribution >= 4 is 34.0 Å². The molecule has 0 unspecified atom stereocenters. The van der Waals surface area contributed by atoms with E-state index in [1.54, 1.807) is 0 Å². The summed E-state index contributed by atoms with van der Waals surface area (Å²) in [7, 11) is 0. The Bertz CT molecular complexity index is 1590. The van der Waals surface area contributed by atoms with Gasteiger partial charge in [-0.1, -0.05) is 142 Å². The van der Waals surface area contributed by atoms with E-state index < -0.39 is 0 Å². The van der Waals surface area contributed by atoms with Gasteiger partial charge in [-0.2, -0.15) is 0 Å². The lowest BCUT2D eigenvalue weighted by atomic mass is 9.87. The van der Waals surface area contributed by atoms with Crippen molar-refractivity contribution in [3.05, 3.63) is 114 Å². The smallest absolute Gasteiger partial charge is 0.135 e. The first-order chi connectivity index (χ1) is 21.3. The lowest BCUT2D eigenvalue weighted by Gasteiger charge is -2.17.